The number of benzene rings is 1. The molecule has 0 aliphatic carbocycles. The lowest BCUT2D eigenvalue weighted by Crippen LogP contribution is -2.33. The molecule has 0 aromatic heterocycles. The Labute approximate surface area is 133 Å². The molecule has 5 nitrogen and oxygen atoms in total. The lowest BCUT2D eigenvalue weighted by molar-refractivity contribution is -0.131. The van der Waals surface area contributed by atoms with Gasteiger partial charge < -0.3 is 15.7 Å². The predicted octanol–water partition coefficient (Wildman–Crippen LogP) is 3.05. The molecular formula is C14H15ClN2O3S. The number of anilines is 1. The van der Waals surface area contributed by atoms with Crippen LogP contribution in [0.1, 0.15) is 25.3 Å². The van der Waals surface area contributed by atoms with E-state index < -0.39 is 5.97 Å². The Morgan fingerprint density at radius 1 is 1.43 bits per heavy atom. The van der Waals surface area contributed by atoms with Gasteiger partial charge in [-0.25, -0.2) is 4.79 Å². The van der Waals surface area contributed by atoms with Crippen molar-refractivity contribution in [1.82, 2.24) is 5.32 Å². The van der Waals surface area contributed by atoms with E-state index in [0.29, 0.717) is 22.7 Å². The number of carbonyl (C=O) groups excluding carboxylic acids is 1. The van der Waals surface area contributed by atoms with Crippen LogP contribution >= 0.6 is 23.8 Å². The largest absolute Gasteiger partial charge is 0.478 e. The summed E-state index contributed by atoms with van der Waals surface area (Å²) in [6.07, 6.45) is 3.57. The van der Waals surface area contributed by atoms with E-state index in [1.54, 1.807) is 18.2 Å². The van der Waals surface area contributed by atoms with E-state index in [1.807, 2.05) is 6.92 Å². The summed E-state index contributed by atoms with van der Waals surface area (Å²) in [4.78, 5) is 21.9. The molecule has 0 radical (unpaired) electrons. The molecule has 3 N–H and O–H groups in total. The summed E-state index contributed by atoms with van der Waals surface area (Å²) in [5, 5.41) is 14.5. The molecule has 0 atom stereocenters. The summed E-state index contributed by atoms with van der Waals surface area (Å²) >= 11 is 11.0. The van der Waals surface area contributed by atoms with E-state index in [-0.39, 0.29) is 11.0 Å². The van der Waals surface area contributed by atoms with Gasteiger partial charge in [0.1, 0.15) is 0 Å². The van der Waals surface area contributed by atoms with Crippen LogP contribution in [0.3, 0.4) is 0 Å². The van der Waals surface area contributed by atoms with Gasteiger partial charge in [0, 0.05) is 12.5 Å². The Morgan fingerprint density at radius 2 is 2.14 bits per heavy atom. The molecule has 1 rings (SSSR count). The van der Waals surface area contributed by atoms with Crippen molar-refractivity contribution in [3.05, 3.63) is 34.9 Å². The fraction of sp³-hybridized carbons (Fsp3) is 0.214. The van der Waals surface area contributed by atoms with Gasteiger partial charge in [-0.05, 0) is 42.4 Å². The molecule has 0 heterocycles. The first-order valence-electron chi connectivity index (χ1n) is 6.23. The second-order valence-electron chi connectivity index (χ2n) is 4.16. The maximum absolute atomic E-state index is 11.4. The van der Waals surface area contributed by atoms with Crippen molar-refractivity contribution >= 4 is 52.6 Å². The Morgan fingerprint density at radius 3 is 2.76 bits per heavy atom. The van der Waals surface area contributed by atoms with Crippen LogP contribution in [-0.2, 0) is 9.59 Å². The Bertz CT molecular complexity index is 588. The topological polar surface area (TPSA) is 78.4 Å². The van der Waals surface area contributed by atoms with E-state index in [2.05, 4.69) is 10.6 Å². The van der Waals surface area contributed by atoms with Gasteiger partial charge >= 0.3 is 5.97 Å². The molecule has 21 heavy (non-hydrogen) atoms. The van der Waals surface area contributed by atoms with Crippen LogP contribution in [0.25, 0.3) is 6.08 Å². The highest BCUT2D eigenvalue weighted by Crippen LogP contribution is 2.23. The number of aliphatic carboxylic acids is 1. The molecule has 0 saturated heterocycles. The molecular weight excluding hydrogens is 312 g/mol. The van der Waals surface area contributed by atoms with Crippen molar-refractivity contribution in [2.45, 2.75) is 19.8 Å². The zero-order chi connectivity index (χ0) is 15.8. The Kier molecular flexibility index (Phi) is 6.84. The number of carbonyl (C=O) groups is 2. The van der Waals surface area contributed by atoms with E-state index >= 15 is 0 Å². The SMILES string of the molecule is CCCC(=O)NC(=S)Nc1cc(/C=C/C(=O)O)ccc1Cl. The third-order valence-electron chi connectivity index (χ3n) is 2.39. The molecule has 7 heteroatoms. The number of amides is 1. The minimum Gasteiger partial charge on any atom is -0.478 e. The fourth-order valence-electron chi connectivity index (χ4n) is 1.48. The highest BCUT2D eigenvalue weighted by Gasteiger charge is 2.06. The fourth-order valence-corrected chi connectivity index (χ4v) is 1.87. The second kappa shape index (κ2) is 8.39. The lowest BCUT2D eigenvalue weighted by Gasteiger charge is -2.11. The van der Waals surface area contributed by atoms with Crippen molar-refractivity contribution in [2.24, 2.45) is 0 Å². The lowest BCUT2D eigenvalue weighted by atomic mass is 10.2. The first kappa shape index (κ1) is 17.1. The minimum absolute atomic E-state index is 0.148. The average Bonchev–Trinajstić information content (AvgIpc) is 2.39. The van der Waals surface area contributed by atoms with Crippen molar-refractivity contribution < 1.29 is 14.7 Å². The average molecular weight is 327 g/mol. The van der Waals surface area contributed by atoms with Gasteiger partial charge in [0.15, 0.2) is 5.11 Å². The summed E-state index contributed by atoms with van der Waals surface area (Å²) in [6.45, 7) is 1.89. The van der Waals surface area contributed by atoms with Crippen LogP contribution in [0, 0.1) is 0 Å². The number of rotatable bonds is 5. The van der Waals surface area contributed by atoms with Gasteiger partial charge in [-0.2, -0.15) is 0 Å². The molecule has 0 saturated carbocycles. The van der Waals surface area contributed by atoms with Gasteiger partial charge in [0.2, 0.25) is 5.91 Å². The normalized spacial score (nSPS) is 10.4. The summed E-state index contributed by atoms with van der Waals surface area (Å²) < 4.78 is 0. The summed E-state index contributed by atoms with van der Waals surface area (Å²) in [7, 11) is 0. The molecule has 0 unspecified atom stereocenters. The summed E-state index contributed by atoms with van der Waals surface area (Å²) in [5.41, 5.74) is 1.14. The van der Waals surface area contributed by atoms with Crippen LogP contribution in [0.15, 0.2) is 24.3 Å². The quantitative estimate of drug-likeness (QED) is 0.572. The Balaban J connectivity index is 2.78. The number of carboxylic acid groups (broad SMARTS) is 1. The van der Waals surface area contributed by atoms with Gasteiger partial charge in [0.25, 0.3) is 0 Å². The highest BCUT2D eigenvalue weighted by molar-refractivity contribution is 7.80. The number of nitrogens with one attached hydrogen (secondary N) is 2. The standard InChI is InChI=1S/C14H15ClN2O3S/c1-2-3-12(18)17-14(21)16-11-8-9(4-6-10(11)15)5-7-13(19)20/h4-8H,2-3H2,1H3,(H,19,20)(H2,16,17,18,21)/b7-5+. The smallest absolute Gasteiger partial charge is 0.328 e. The second-order valence-corrected chi connectivity index (χ2v) is 4.98. The van der Waals surface area contributed by atoms with Crippen molar-refractivity contribution in [2.75, 3.05) is 5.32 Å². The molecule has 1 amide bonds. The van der Waals surface area contributed by atoms with Crippen LogP contribution < -0.4 is 10.6 Å². The number of carboxylic acids is 1. The third kappa shape index (κ3) is 6.37. The maximum atomic E-state index is 11.4. The molecule has 0 aliphatic heterocycles. The molecule has 0 bridgehead atoms. The zero-order valence-electron chi connectivity index (χ0n) is 11.4. The van der Waals surface area contributed by atoms with E-state index in [4.69, 9.17) is 28.9 Å². The van der Waals surface area contributed by atoms with E-state index in [0.717, 1.165) is 12.5 Å². The number of hydrogen-bond donors (Lipinski definition) is 3. The van der Waals surface area contributed by atoms with Gasteiger partial charge in [-0.3, -0.25) is 4.79 Å². The monoisotopic (exact) mass is 326 g/mol. The first-order valence-corrected chi connectivity index (χ1v) is 7.02. The zero-order valence-corrected chi connectivity index (χ0v) is 12.9. The van der Waals surface area contributed by atoms with Gasteiger partial charge in [0.05, 0.1) is 10.7 Å². The van der Waals surface area contributed by atoms with Crippen molar-refractivity contribution in [3.63, 3.8) is 0 Å². The molecule has 112 valence electrons. The molecule has 0 aliphatic rings. The Hall–Kier alpha value is -1.92. The van der Waals surface area contributed by atoms with Gasteiger partial charge in [-0.1, -0.05) is 24.6 Å². The predicted molar refractivity (Wildman–Crippen MR) is 87.4 cm³/mol. The van der Waals surface area contributed by atoms with E-state index in [9.17, 15) is 9.59 Å². The highest BCUT2D eigenvalue weighted by atomic mass is 35.5. The van der Waals surface area contributed by atoms with Crippen LogP contribution in [-0.4, -0.2) is 22.1 Å². The number of thiocarbonyl (C=S) groups is 1. The van der Waals surface area contributed by atoms with Crippen LogP contribution in [0.2, 0.25) is 5.02 Å². The van der Waals surface area contributed by atoms with Gasteiger partial charge in [-0.15, -0.1) is 0 Å². The summed E-state index contributed by atoms with van der Waals surface area (Å²) in [5.74, 6) is -1.21. The van der Waals surface area contributed by atoms with E-state index in [1.165, 1.54) is 6.08 Å². The van der Waals surface area contributed by atoms with Crippen molar-refractivity contribution in [3.8, 4) is 0 Å². The van der Waals surface area contributed by atoms with Crippen LogP contribution in [0.4, 0.5) is 5.69 Å². The van der Waals surface area contributed by atoms with Crippen molar-refractivity contribution in [1.29, 1.82) is 0 Å². The minimum atomic E-state index is -1.04. The molecule has 0 spiro atoms. The molecule has 1 aromatic rings. The summed E-state index contributed by atoms with van der Waals surface area (Å²) in [6, 6.07) is 4.92. The van der Waals surface area contributed by atoms with Crippen LogP contribution in [0.5, 0.6) is 0 Å². The molecule has 1 aromatic carbocycles. The first-order chi connectivity index (χ1) is 9.92. The maximum Gasteiger partial charge on any atom is 0.328 e. The molecule has 0 fully saturated rings. The number of halogens is 1. The third-order valence-corrected chi connectivity index (χ3v) is 2.92. The number of hydrogen-bond acceptors (Lipinski definition) is 3.